The predicted molar refractivity (Wildman–Crippen MR) is 98.6 cm³/mol. The Kier molecular flexibility index (Phi) is 8.37. The van der Waals surface area contributed by atoms with Crippen molar-refractivity contribution >= 4 is 5.91 Å². The molecule has 1 saturated heterocycles. The minimum Gasteiger partial charge on any atom is -0.484 e. The smallest absolute Gasteiger partial charge is 0.484 e. The van der Waals surface area contributed by atoms with Gasteiger partial charge in [0.1, 0.15) is 24.3 Å². The van der Waals surface area contributed by atoms with Crippen molar-refractivity contribution in [2.24, 2.45) is 0 Å². The number of carbonyl (C=O) groups excluding carboxylic acids is 1. The number of benzene rings is 1. The molecular formula is C19H18F7N3O6. The summed E-state index contributed by atoms with van der Waals surface area (Å²) in [6.07, 6.45) is -9.86. The molecule has 194 valence electrons. The lowest BCUT2D eigenvalue weighted by atomic mass is 10.1. The third-order valence-corrected chi connectivity index (χ3v) is 4.53. The van der Waals surface area contributed by atoms with Crippen molar-refractivity contribution in [2.45, 2.75) is 37.5 Å². The van der Waals surface area contributed by atoms with E-state index in [1.54, 1.807) is 0 Å². The molecule has 0 saturated carbocycles. The van der Waals surface area contributed by atoms with Crippen LogP contribution in [0.15, 0.2) is 22.6 Å². The Morgan fingerprint density at radius 2 is 1.86 bits per heavy atom. The van der Waals surface area contributed by atoms with Crippen molar-refractivity contribution < 1.29 is 58.9 Å². The van der Waals surface area contributed by atoms with Crippen LogP contribution in [0.1, 0.15) is 30.4 Å². The number of alkyl halides is 6. The number of rotatable bonds is 9. The van der Waals surface area contributed by atoms with Crippen LogP contribution in [0.4, 0.5) is 30.7 Å². The second-order valence-corrected chi connectivity index (χ2v) is 7.14. The van der Waals surface area contributed by atoms with Crippen molar-refractivity contribution in [1.82, 2.24) is 15.5 Å². The second kappa shape index (κ2) is 11.1. The van der Waals surface area contributed by atoms with E-state index >= 15 is 0 Å². The zero-order valence-electron chi connectivity index (χ0n) is 17.6. The SMILES string of the molecule is O=C(COc1ccc(C(F)(F)F)c(F)c1)N[C@H]1CC[C@H](c2nnc(OCCOC(F)(F)F)o2)OC1. The maximum absolute atomic E-state index is 13.6. The standard InChI is InChI=1S/C19H18F7N3O6/c20-13-7-11(2-3-12(13)18(21,22)23)32-9-15(30)27-10-1-4-14(33-8-10)16-28-29-17(35-16)31-5-6-34-19(24,25)26/h2-3,7,10,14H,1,4-6,8-9H2,(H,27,30)/t10-,14+/m0/s1. The lowest BCUT2D eigenvalue weighted by molar-refractivity contribution is -0.325. The summed E-state index contributed by atoms with van der Waals surface area (Å²) in [4.78, 5) is 12.0. The van der Waals surface area contributed by atoms with Crippen molar-refractivity contribution in [3.05, 3.63) is 35.5 Å². The third kappa shape index (κ3) is 8.24. The average Bonchev–Trinajstić information content (AvgIpc) is 3.23. The van der Waals surface area contributed by atoms with E-state index < -0.39 is 61.8 Å². The molecule has 0 unspecified atom stereocenters. The molecule has 1 aromatic heterocycles. The molecule has 0 radical (unpaired) electrons. The number of halogens is 7. The van der Waals surface area contributed by atoms with Gasteiger partial charge in [0.2, 0.25) is 5.89 Å². The first-order valence-electron chi connectivity index (χ1n) is 9.98. The number of aromatic nitrogens is 2. The molecule has 1 amide bonds. The largest absolute Gasteiger partial charge is 0.522 e. The van der Waals surface area contributed by atoms with E-state index in [4.69, 9.17) is 18.6 Å². The first-order valence-corrected chi connectivity index (χ1v) is 9.98. The van der Waals surface area contributed by atoms with Crippen molar-refractivity contribution in [1.29, 1.82) is 0 Å². The molecule has 0 spiro atoms. The summed E-state index contributed by atoms with van der Waals surface area (Å²) in [5.41, 5.74) is -1.45. The summed E-state index contributed by atoms with van der Waals surface area (Å²) >= 11 is 0. The predicted octanol–water partition coefficient (Wildman–Crippen LogP) is 3.56. The van der Waals surface area contributed by atoms with E-state index in [-0.39, 0.29) is 24.3 Å². The van der Waals surface area contributed by atoms with Crippen LogP contribution in [-0.4, -0.2) is 54.9 Å². The number of nitrogens with zero attached hydrogens (tertiary/aromatic N) is 2. The molecule has 2 aromatic rings. The van der Waals surface area contributed by atoms with E-state index in [0.29, 0.717) is 25.0 Å². The highest BCUT2D eigenvalue weighted by molar-refractivity contribution is 5.77. The van der Waals surface area contributed by atoms with Crippen molar-refractivity contribution in [2.75, 3.05) is 26.4 Å². The second-order valence-electron chi connectivity index (χ2n) is 7.14. The van der Waals surface area contributed by atoms with Gasteiger partial charge in [0, 0.05) is 6.07 Å². The van der Waals surface area contributed by atoms with E-state index in [1.165, 1.54) is 0 Å². The van der Waals surface area contributed by atoms with E-state index in [0.717, 1.165) is 6.07 Å². The van der Waals surface area contributed by atoms with Crippen LogP contribution in [0.3, 0.4) is 0 Å². The summed E-state index contributed by atoms with van der Waals surface area (Å²) in [6.45, 7) is -1.75. The zero-order chi connectivity index (χ0) is 25.6. The Balaban J connectivity index is 1.38. The van der Waals surface area contributed by atoms with Gasteiger partial charge in [-0.15, -0.1) is 18.3 Å². The van der Waals surface area contributed by atoms with E-state index in [2.05, 4.69) is 20.3 Å². The van der Waals surface area contributed by atoms with Gasteiger partial charge >= 0.3 is 18.6 Å². The summed E-state index contributed by atoms with van der Waals surface area (Å²) in [5.74, 6) is -2.34. The fourth-order valence-electron chi connectivity index (χ4n) is 2.99. The van der Waals surface area contributed by atoms with Gasteiger partial charge in [-0.2, -0.15) is 13.2 Å². The summed E-state index contributed by atoms with van der Waals surface area (Å²) in [5, 5.41) is 9.85. The van der Waals surface area contributed by atoms with Crippen LogP contribution in [0.2, 0.25) is 0 Å². The molecule has 9 nitrogen and oxygen atoms in total. The highest BCUT2D eigenvalue weighted by atomic mass is 19.4. The molecule has 2 atom stereocenters. The van der Waals surface area contributed by atoms with Gasteiger partial charge in [0.15, 0.2) is 6.61 Å². The molecule has 35 heavy (non-hydrogen) atoms. The van der Waals surface area contributed by atoms with E-state index in [1.807, 2.05) is 0 Å². The molecule has 1 N–H and O–H groups in total. The van der Waals surface area contributed by atoms with Gasteiger partial charge in [0.05, 0.1) is 24.8 Å². The molecule has 2 heterocycles. The van der Waals surface area contributed by atoms with Crippen LogP contribution < -0.4 is 14.8 Å². The van der Waals surface area contributed by atoms with Gasteiger partial charge in [-0.1, -0.05) is 5.10 Å². The maximum Gasteiger partial charge on any atom is 0.522 e. The molecule has 1 aromatic carbocycles. The summed E-state index contributed by atoms with van der Waals surface area (Å²) in [7, 11) is 0. The van der Waals surface area contributed by atoms with Gasteiger partial charge in [0.25, 0.3) is 5.91 Å². The van der Waals surface area contributed by atoms with Gasteiger partial charge in [-0.25, -0.2) is 4.39 Å². The zero-order valence-corrected chi connectivity index (χ0v) is 17.6. The topological polar surface area (TPSA) is 105 Å². The van der Waals surface area contributed by atoms with Crippen LogP contribution in [0.5, 0.6) is 11.8 Å². The number of carbonyl (C=O) groups is 1. The fraction of sp³-hybridized carbons (Fsp3) is 0.526. The Morgan fingerprint density at radius 1 is 1.09 bits per heavy atom. The Hall–Kier alpha value is -3.14. The van der Waals surface area contributed by atoms with Crippen LogP contribution in [0.25, 0.3) is 0 Å². The van der Waals surface area contributed by atoms with Gasteiger partial charge in [-0.3, -0.25) is 9.53 Å². The molecular weight excluding hydrogens is 499 g/mol. The molecule has 0 bridgehead atoms. The maximum atomic E-state index is 13.6. The minimum atomic E-state index is -4.85. The van der Waals surface area contributed by atoms with Crippen LogP contribution in [-0.2, 0) is 20.4 Å². The molecule has 1 aliphatic heterocycles. The monoisotopic (exact) mass is 517 g/mol. The Morgan fingerprint density at radius 3 is 2.49 bits per heavy atom. The molecule has 3 rings (SSSR count). The van der Waals surface area contributed by atoms with Gasteiger partial charge in [-0.05, 0) is 25.0 Å². The normalized spacial score (nSPS) is 18.8. The first-order chi connectivity index (χ1) is 16.4. The molecule has 16 heteroatoms. The average molecular weight is 517 g/mol. The van der Waals surface area contributed by atoms with Gasteiger partial charge < -0.3 is 23.9 Å². The summed E-state index contributed by atoms with van der Waals surface area (Å²) in [6, 6.07) is 1.53. The number of hydrogen-bond donors (Lipinski definition) is 1. The Labute approximate surface area is 192 Å². The van der Waals surface area contributed by atoms with Crippen molar-refractivity contribution in [3.63, 3.8) is 0 Å². The highest BCUT2D eigenvalue weighted by Gasteiger charge is 2.34. The minimum absolute atomic E-state index is 0.0363. The fourth-order valence-corrected chi connectivity index (χ4v) is 2.99. The third-order valence-electron chi connectivity index (χ3n) is 4.53. The number of ether oxygens (including phenoxy) is 4. The summed E-state index contributed by atoms with van der Waals surface area (Å²) < 4.78 is 111. The van der Waals surface area contributed by atoms with Crippen LogP contribution >= 0.6 is 0 Å². The van der Waals surface area contributed by atoms with Crippen LogP contribution in [0, 0.1) is 5.82 Å². The number of nitrogens with one attached hydrogen (secondary N) is 1. The first kappa shape index (κ1) is 26.5. The lowest BCUT2D eigenvalue weighted by Crippen LogP contribution is -2.43. The number of hydrogen-bond acceptors (Lipinski definition) is 8. The number of amides is 1. The quantitative estimate of drug-likeness (QED) is 0.398. The van der Waals surface area contributed by atoms with Crippen molar-refractivity contribution in [3.8, 4) is 11.8 Å². The Bertz CT molecular complexity index is 990. The highest BCUT2D eigenvalue weighted by Crippen LogP contribution is 2.33. The van der Waals surface area contributed by atoms with E-state index in [9.17, 15) is 35.5 Å². The lowest BCUT2D eigenvalue weighted by Gasteiger charge is -2.27. The molecule has 1 aliphatic rings. The molecule has 1 fully saturated rings. The molecule has 0 aliphatic carbocycles.